The van der Waals surface area contributed by atoms with Gasteiger partial charge in [0.2, 0.25) is 11.7 Å². The lowest BCUT2D eigenvalue weighted by molar-refractivity contribution is -0.116. The van der Waals surface area contributed by atoms with Gasteiger partial charge in [0.15, 0.2) is 0 Å². The topological polar surface area (TPSA) is 75.4 Å². The van der Waals surface area contributed by atoms with Gasteiger partial charge < -0.3 is 14.7 Å². The largest absolute Gasteiger partial charge is 0.351 e. The molecule has 0 saturated heterocycles. The first-order valence-electron chi connectivity index (χ1n) is 7.38. The summed E-state index contributed by atoms with van der Waals surface area (Å²) in [6, 6.07) is 6.30. The van der Waals surface area contributed by atoms with Gasteiger partial charge in [-0.05, 0) is 31.5 Å². The summed E-state index contributed by atoms with van der Waals surface area (Å²) in [5.74, 6) is -0.656. The summed E-state index contributed by atoms with van der Waals surface area (Å²) in [6.07, 6.45) is 0.698. The van der Waals surface area contributed by atoms with E-state index in [1.807, 2.05) is 6.92 Å². The third-order valence-corrected chi connectivity index (χ3v) is 3.72. The van der Waals surface area contributed by atoms with Crippen LogP contribution in [0.2, 0.25) is 10.0 Å². The van der Waals surface area contributed by atoms with Crippen molar-refractivity contribution in [2.75, 3.05) is 18.4 Å². The molecular weight excluding hydrogens is 353 g/mol. The molecule has 0 aliphatic carbocycles. The van der Waals surface area contributed by atoms with E-state index in [0.29, 0.717) is 34.4 Å². The van der Waals surface area contributed by atoms with E-state index in [4.69, 9.17) is 27.7 Å². The molecule has 1 aromatic carbocycles. The zero-order valence-electron chi connectivity index (χ0n) is 13.3. The number of hydrogen-bond acceptors (Lipinski definition) is 4. The molecule has 2 aromatic rings. The molecule has 0 bridgehead atoms. The Balaban J connectivity index is 2.08. The van der Waals surface area contributed by atoms with Crippen molar-refractivity contribution in [2.24, 2.45) is 0 Å². The fraction of sp³-hybridized carbons (Fsp3) is 0.312. The lowest BCUT2D eigenvalue weighted by Gasteiger charge is -2.20. The number of hydrogen-bond donors (Lipinski definition) is 1. The molecule has 0 aliphatic heterocycles. The molecule has 1 N–H and O–H groups in total. The number of aryl methyl sites for hydroxylation is 1. The number of carbonyl (C=O) groups excluding carboxylic acids is 2. The van der Waals surface area contributed by atoms with Gasteiger partial charge in [-0.2, -0.15) is 0 Å². The van der Waals surface area contributed by atoms with Crippen LogP contribution >= 0.6 is 23.2 Å². The molecule has 0 unspecified atom stereocenters. The smallest absolute Gasteiger partial charge is 0.292 e. The molecule has 2 amide bonds. The Labute approximate surface area is 149 Å². The first-order chi connectivity index (χ1) is 11.4. The number of carbonyl (C=O) groups is 2. The molecule has 8 heteroatoms. The lowest BCUT2D eigenvalue weighted by Crippen LogP contribution is -2.38. The van der Waals surface area contributed by atoms with Crippen molar-refractivity contribution in [1.82, 2.24) is 10.1 Å². The van der Waals surface area contributed by atoms with Gasteiger partial charge in [0.1, 0.15) is 6.54 Å². The highest BCUT2D eigenvalue weighted by Crippen LogP contribution is 2.25. The number of benzene rings is 1. The number of aromatic nitrogens is 1. The Hall–Kier alpha value is -2.05. The van der Waals surface area contributed by atoms with E-state index < -0.39 is 0 Å². The number of nitrogens with one attached hydrogen (secondary N) is 1. The highest BCUT2D eigenvalue weighted by Gasteiger charge is 2.22. The molecular formula is C16H17Cl2N3O3. The first kappa shape index (κ1) is 18.3. The third kappa shape index (κ3) is 4.72. The summed E-state index contributed by atoms with van der Waals surface area (Å²) in [5.41, 5.74) is 0.999. The summed E-state index contributed by atoms with van der Waals surface area (Å²) in [6.45, 7) is 3.92. The Bertz CT molecular complexity index is 746. The Morgan fingerprint density at radius 2 is 2.04 bits per heavy atom. The third-order valence-electron chi connectivity index (χ3n) is 3.16. The summed E-state index contributed by atoms with van der Waals surface area (Å²) < 4.78 is 4.98. The van der Waals surface area contributed by atoms with Gasteiger partial charge >= 0.3 is 0 Å². The molecule has 0 aliphatic rings. The van der Waals surface area contributed by atoms with Crippen LogP contribution in [-0.2, 0) is 4.79 Å². The molecule has 24 heavy (non-hydrogen) atoms. The fourth-order valence-electron chi connectivity index (χ4n) is 2.10. The Kier molecular flexibility index (Phi) is 6.23. The summed E-state index contributed by atoms with van der Waals surface area (Å²) in [7, 11) is 0. The van der Waals surface area contributed by atoms with Gasteiger partial charge in [-0.1, -0.05) is 35.3 Å². The molecule has 1 heterocycles. The Morgan fingerprint density at radius 1 is 1.29 bits per heavy atom. The molecule has 2 rings (SSSR count). The maximum Gasteiger partial charge on any atom is 0.292 e. The lowest BCUT2D eigenvalue weighted by atomic mass is 10.3. The first-order valence-corrected chi connectivity index (χ1v) is 8.13. The van der Waals surface area contributed by atoms with Crippen LogP contribution in [0.5, 0.6) is 0 Å². The second-order valence-electron chi connectivity index (χ2n) is 5.23. The second kappa shape index (κ2) is 8.17. The van der Waals surface area contributed by atoms with E-state index >= 15 is 0 Å². The van der Waals surface area contributed by atoms with Crippen molar-refractivity contribution in [3.05, 3.63) is 45.8 Å². The number of nitrogens with zero attached hydrogens (tertiary/aromatic N) is 2. The molecule has 6 nitrogen and oxygen atoms in total. The second-order valence-corrected chi connectivity index (χ2v) is 6.08. The van der Waals surface area contributed by atoms with Crippen LogP contribution in [-0.4, -0.2) is 35.0 Å². The van der Waals surface area contributed by atoms with Crippen LogP contribution in [0.4, 0.5) is 5.69 Å². The molecule has 128 valence electrons. The van der Waals surface area contributed by atoms with Gasteiger partial charge in [0.25, 0.3) is 5.91 Å². The number of amides is 2. The predicted octanol–water partition coefficient (Wildman–Crippen LogP) is 3.78. The van der Waals surface area contributed by atoms with Crippen molar-refractivity contribution in [2.45, 2.75) is 20.3 Å². The van der Waals surface area contributed by atoms with E-state index in [9.17, 15) is 9.59 Å². The molecule has 1 aromatic heterocycles. The monoisotopic (exact) mass is 369 g/mol. The van der Waals surface area contributed by atoms with Crippen molar-refractivity contribution in [3.63, 3.8) is 0 Å². The summed E-state index contributed by atoms with van der Waals surface area (Å²) >= 11 is 11.9. The minimum atomic E-state index is -0.384. The van der Waals surface area contributed by atoms with Crippen LogP contribution < -0.4 is 5.32 Å². The minimum absolute atomic E-state index is 0.106. The number of halogens is 2. The van der Waals surface area contributed by atoms with Gasteiger partial charge in [-0.3, -0.25) is 9.59 Å². The van der Waals surface area contributed by atoms with Crippen molar-refractivity contribution < 1.29 is 14.1 Å². The maximum atomic E-state index is 12.4. The minimum Gasteiger partial charge on any atom is -0.351 e. The highest BCUT2D eigenvalue weighted by atomic mass is 35.5. The normalized spacial score (nSPS) is 10.5. The van der Waals surface area contributed by atoms with E-state index in [1.54, 1.807) is 25.1 Å². The van der Waals surface area contributed by atoms with Gasteiger partial charge in [-0.15, -0.1) is 0 Å². The zero-order valence-corrected chi connectivity index (χ0v) is 14.8. The van der Waals surface area contributed by atoms with Crippen molar-refractivity contribution >= 4 is 40.7 Å². The summed E-state index contributed by atoms with van der Waals surface area (Å²) in [5, 5.41) is 7.17. The Morgan fingerprint density at radius 3 is 2.67 bits per heavy atom. The molecule has 0 atom stereocenters. The predicted molar refractivity (Wildman–Crippen MR) is 92.5 cm³/mol. The average Bonchev–Trinajstić information content (AvgIpc) is 2.96. The SMILES string of the molecule is CCCN(CC(=O)Nc1cc(Cl)ccc1Cl)C(=O)c1cc(C)no1. The van der Waals surface area contributed by atoms with E-state index in [0.717, 1.165) is 0 Å². The molecule has 0 spiro atoms. The number of rotatable bonds is 6. The van der Waals surface area contributed by atoms with Crippen LogP contribution in [0, 0.1) is 6.92 Å². The molecule has 0 saturated carbocycles. The van der Waals surface area contributed by atoms with E-state index in [-0.39, 0.29) is 24.1 Å². The number of anilines is 1. The fourth-order valence-corrected chi connectivity index (χ4v) is 2.44. The quantitative estimate of drug-likeness (QED) is 0.840. The average molecular weight is 370 g/mol. The standard InChI is InChI=1S/C16H17Cl2N3O3/c1-3-6-21(16(23)14-7-10(2)20-24-14)9-15(22)19-13-8-11(17)4-5-12(13)18/h4-5,7-8H,3,6,9H2,1-2H3,(H,19,22). The van der Waals surface area contributed by atoms with Crippen molar-refractivity contribution in [1.29, 1.82) is 0 Å². The van der Waals surface area contributed by atoms with Crippen molar-refractivity contribution in [3.8, 4) is 0 Å². The molecule has 0 radical (unpaired) electrons. The van der Waals surface area contributed by atoms with Gasteiger partial charge in [0, 0.05) is 17.6 Å². The van der Waals surface area contributed by atoms with E-state index in [1.165, 1.54) is 11.0 Å². The molecule has 0 fully saturated rings. The zero-order chi connectivity index (χ0) is 17.7. The van der Waals surface area contributed by atoms with Crippen LogP contribution in [0.15, 0.2) is 28.8 Å². The van der Waals surface area contributed by atoms with Crippen LogP contribution in [0.3, 0.4) is 0 Å². The van der Waals surface area contributed by atoms with Crippen LogP contribution in [0.25, 0.3) is 0 Å². The highest BCUT2D eigenvalue weighted by molar-refractivity contribution is 6.35. The van der Waals surface area contributed by atoms with E-state index in [2.05, 4.69) is 10.5 Å². The maximum absolute atomic E-state index is 12.4. The van der Waals surface area contributed by atoms with Gasteiger partial charge in [0.05, 0.1) is 16.4 Å². The van der Waals surface area contributed by atoms with Gasteiger partial charge in [-0.25, -0.2) is 0 Å². The van der Waals surface area contributed by atoms with Crippen LogP contribution in [0.1, 0.15) is 29.6 Å². The summed E-state index contributed by atoms with van der Waals surface area (Å²) in [4.78, 5) is 26.1.